The van der Waals surface area contributed by atoms with Gasteiger partial charge in [0.1, 0.15) is 0 Å². The first kappa shape index (κ1) is 24.3. The molecular weight excluding hydrogens is 240 g/mol. The fourth-order valence-electron chi connectivity index (χ4n) is 0.838. The lowest BCUT2D eigenvalue weighted by Crippen LogP contribution is -1.83. The van der Waals surface area contributed by atoms with Gasteiger partial charge in [0.15, 0.2) is 0 Å². The van der Waals surface area contributed by atoms with Gasteiger partial charge in [-0.25, -0.2) is 0 Å². The Bertz CT molecular complexity index is 226. The molecular formula is C20H40. The largest absolute Gasteiger partial charge is 0.0683 e. The molecule has 2 rings (SSSR count). The minimum absolute atomic E-state index is 0.659. The number of hydrogen-bond acceptors (Lipinski definition) is 0. The maximum absolute atomic E-state index is 2.20. The standard InChI is InChI=1S/C9H12.C4H10.C3H6.2C2H6/c1-8(2)9-6-4-3-5-7-9;1-4(2)3;1-2-3-1;2*1-2/h3-8H,1-2H3;4H,1-3H3;1-3H2;2*1-2H3. The van der Waals surface area contributed by atoms with Crippen LogP contribution in [0.3, 0.4) is 0 Å². The predicted octanol–water partition coefficient (Wildman–Crippen LogP) is 7.70. The van der Waals surface area contributed by atoms with Crippen LogP contribution in [-0.4, -0.2) is 0 Å². The van der Waals surface area contributed by atoms with E-state index in [-0.39, 0.29) is 0 Å². The minimum Gasteiger partial charge on any atom is -0.0683 e. The minimum atomic E-state index is 0.659. The summed E-state index contributed by atoms with van der Waals surface area (Å²) in [5, 5.41) is 0. The molecule has 0 spiro atoms. The summed E-state index contributed by atoms with van der Waals surface area (Å²) in [6.07, 6.45) is 4.50. The number of hydrogen-bond donors (Lipinski definition) is 0. The molecule has 1 aromatic carbocycles. The summed E-state index contributed by atoms with van der Waals surface area (Å²) in [6, 6.07) is 10.5. The van der Waals surface area contributed by atoms with E-state index in [1.54, 1.807) is 0 Å². The van der Waals surface area contributed by atoms with Crippen molar-refractivity contribution in [3.63, 3.8) is 0 Å². The van der Waals surface area contributed by atoms with E-state index in [1.807, 2.05) is 33.8 Å². The topological polar surface area (TPSA) is 0 Å². The second-order valence-electron chi connectivity index (χ2n) is 5.36. The van der Waals surface area contributed by atoms with E-state index in [0.717, 1.165) is 5.92 Å². The molecule has 0 nitrogen and oxygen atoms in total. The Balaban J connectivity index is -0.000000220. The molecule has 0 aromatic heterocycles. The third kappa shape index (κ3) is 30.3. The van der Waals surface area contributed by atoms with Gasteiger partial charge in [0, 0.05) is 0 Å². The van der Waals surface area contributed by atoms with Crippen LogP contribution in [0, 0.1) is 5.92 Å². The second kappa shape index (κ2) is 20.5. The third-order valence-corrected chi connectivity index (χ3v) is 1.82. The molecule has 0 heteroatoms. The van der Waals surface area contributed by atoms with Crippen molar-refractivity contribution in [2.24, 2.45) is 5.92 Å². The Morgan fingerprint density at radius 1 is 0.650 bits per heavy atom. The Labute approximate surface area is 130 Å². The smallest absolute Gasteiger partial charge is 0.0219 e. The van der Waals surface area contributed by atoms with Gasteiger partial charge in [-0.3, -0.25) is 0 Å². The molecule has 1 aliphatic rings. The lowest BCUT2D eigenvalue weighted by atomic mass is 10.0. The summed E-state index contributed by atoms with van der Waals surface area (Å²) < 4.78 is 0. The summed E-state index contributed by atoms with van der Waals surface area (Å²) in [5.41, 5.74) is 1.41. The average molecular weight is 281 g/mol. The van der Waals surface area contributed by atoms with Crippen LogP contribution in [-0.2, 0) is 0 Å². The van der Waals surface area contributed by atoms with E-state index in [2.05, 4.69) is 58.9 Å². The zero-order valence-electron chi connectivity index (χ0n) is 15.7. The molecule has 0 saturated heterocycles. The first-order valence-electron chi connectivity index (χ1n) is 8.59. The van der Waals surface area contributed by atoms with Gasteiger partial charge in [-0.2, -0.15) is 0 Å². The highest BCUT2D eigenvalue weighted by Crippen LogP contribution is 2.14. The Kier molecular flexibility index (Phi) is 24.9. The first-order valence-corrected chi connectivity index (χ1v) is 8.59. The maximum Gasteiger partial charge on any atom is -0.0219 e. The highest BCUT2D eigenvalue weighted by Gasteiger charge is 1.95. The predicted molar refractivity (Wildman–Crippen MR) is 97.6 cm³/mol. The molecule has 0 radical (unpaired) electrons. The summed E-state index contributed by atoms with van der Waals surface area (Å²) in [7, 11) is 0. The molecule has 0 atom stereocenters. The highest BCUT2D eigenvalue weighted by molar-refractivity contribution is 5.17. The molecule has 1 aromatic rings. The Hall–Kier alpha value is -0.780. The Morgan fingerprint density at radius 3 is 1.10 bits per heavy atom. The monoisotopic (exact) mass is 280 g/mol. The third-order valence-electron chi connectivity index (χ3n) is 1.82. The highest BCUT2D eigenvalue weighted by atomic mass is 14.0. The molecule has 0 bridgehead atoms. The normalized spacial score (nSPS) is 10.6. The van der Waals surface area contributed by atoms with Gasteiger partial charge in [-0.1, -0.05) is 112 Å². The van der Waals surface area contributed by atoms with Crippen molar-refractivity contribution < 1.29 is 0 Å². The molecule has 0 heterocycles. The summed E-state index contributed by atoms with van der Waals surface area (Å²) in [6.45, 7) is 18.9. The molecule has 120 valence electrons. The van der Waals surface area contributed by atoms with Crippen molar-refractivity contribution in [3.05, 3.63) is 35.9 Å². The lowest BCUT2D eigenvalue weighted by Gasteiger charge is -2.01. The van der Waals surface area contributed by atoms with E-state index >= 15 is 0 Å². The summed E-state index contributed by atoms with van der Waals surface area (Å²) in [4.78, 5) is 0. The fourth-order valence-corrected chi connectivity index (χ4v) is 0.838. The Morgan fingerprint density at radius 2 is 0.950 bits per heavy atom. The van der Waals surface area contributed by atoms with Crippen LogP contribution in [0.25, 0.3) is 0 Å². The van der Waals surface area contributed by atoms with Crippen molar-refractivity contribution in [1.82, 2.24) is 0 Å². The van der Waals surface area contributed by atoms with Crippen molar-refractivity contribution in [2.45, 2.75) is 87.5 Å². The van der Waals surface area contributed by atoms with Crippen LogP contribution in [0.4, 0.5) is 0 Å². The molecule has 1 saturated carbocycles. The SMILES string of the molecule is C1CC1.CC.CC.CC(C)C.CC(C)c1ccccc1. The van der Waals surface area contributed by atoms with Gasteiger partial charge < -0.3 is 0 Å². The van der Waals surface area contributed by atoms with Crippen LogP contribution in [0.15, 0.2) is 30.3 Å². The maximum atomic E-state index is 2.20. The quantitative estimate of drug-likeness (QED) is 0.494. The molecule has 0 unspecified atom stereocenters. The van der Waals surface area contributed by atoms with Gasteiger partial charge in [0.05, 0.1) is 0 Å². The van der Waals surface area contributed by atoms with Crippen molar-refractivity contribution in [1.29, 1.82) is 0 Å². The molecule has 1 aliphatic carbocycles. The van der Waals surface area contributed by atoms with Gasteiger partial charge in [-0.05, 0) is 17.4 Å². The molecule has 20 heavy (non-hydrogen) atoms. The van der Waals surface area contributed by atoms with Crippen molar-refractivity contribution in [2.75, 3.05) is 0 Å². The van der Waals surface area contributed by atoms with E-state index in [4.69, 9.17) is 0 Å². The van der Waals surface area contributed by atoms with E-state index in [0.29, 0.717) is 5.92 Å². The molecule has 1 fully saturated rings. The lowest BCUT2D eigenvalue weighted by molar-refractivity contribution is 0.737. The van der Waals surface area contributed by atoms with Gasteiger partial charge in [0.25, 0.3) is 0 Å². The van der Waals surface area contributed by atoms with Crippen molar-refractivity contribution in [3.8, 4) is 0 Å². The van der Waals surface area contributed by atoms with E-state index in [1.165, 1.54) is 24.8 Å². The van der Waals surface area contributed by atoms with E-state index < -0.39 is 0 Å². The van der Waals surface area contributed by atoms with Gasteiger partial charge >= 0.3 is 0 Å². The first-order chi connectivity index (χ1) is 9.54. The number of rotatable bonds is 1. The number of benzene rings is 1. The van der Waals surface area contributed by atoms with Crippen LogP contribution in [0.2, 0.25) is 0 Å². The van der Waals surface area contributed by atoms with E-state index in [9.17, 15) is 0 Å². The van der Waals surface area contributed by atoms with Crippen LogP contribution in [0.5, 0.6) is 0 Å². The molecule has 0 N–H and O–H groups in total. The second-order valence-corrected chi connectivity index (χ2v) is 5.36. The van der Waals surface area contributed by atoms with Gasteiger partial charge in [-0.15, -0.1) is 0 Å². The molecule has 0 amide bonds. The summed E-state index contributed by atoms with van der Waals surface area (Å²) >= 11 is 0. The molecule has 0 aliphatic heterocycles. The van der Waals surface area contributed by atoms with Crippen molar-refractivity contribution >= 4 is 0 Å². The van der Waals surface area contributed by atoms with Crippen LogP contribution >= 0.6 is 0 Å². The zero-order valence-corrected chi connectivity index (χ0v) is 15.7. The van der Waals surface area contributed by atoms with Crippen LogP contribution in [0.1, 0.15) is 93.1 Å². The van der Waals surface area contributed by atoms with Gasteiger partial charge in [0.2, 0.25) is 0 Å². The van der Waals surface area contributed by atoms with Crippen LogP contribution < -0.4 is 0 Å². The fraction of sp³-hybridized carbons (Fsp3) is 0.700. The zero-order chi connectivity index (χ0) is 16.4. The summed E-state index contributed by atoms with van der Waals surface area (Å²) in [5.74, 6) is 1.49. The average Bonchev–Trinajstić information content (AvgIpc) is 3.32.